The van der Waals surface area contributed by atoms with Crippen molar-refractivity contribution in [1.29, 1.82) is 0 Å². The molecule has 0 aromatic heterocycles. The van der Waals surface area contributed by atoms with Gasteiger partial charge in [0.1, 0.15) is 0 Å². The summed E-state index contributed by atoms with van der Waals surface area (Å²) in [6.45, 7) is 10.7. The van der Waals surface area contributed by atoms with Gasteiger partial charge >= 0.3 is 0 Å². The summed E-state index contributed by atoms with van der Waals surface area (Å²) >= 11 is 0. The third kappa shape index (κ3) is 4.14. The third-order valence-corrected chi connectivity index (χ3v) is 8.42. The van der Waals surface area contributed by atoms with Crippen LogP contribution in [-0.4, -0.2) is 8.32 Å². The van der Waals surface area contributed by atoms with Crippen molar-refractivity contribution >= 4 is 8.32 Å². The second-order valence-corrected chi connectivity index (χ2v) is 9.79. The Hall–Kier alpha value is 0.177. The van der Waals surface area contributed by atoms with Crippen molar-refractivity contribution in [3.8, 4) is 0 Å². The first kappa shape index (κ1) is 14.2. The van der Waals surface area contributed by atoms with E-state index in [1.807, 2.05) is 0 Å². The van der Waals surface area contributed by atoms with Crippen LogP contribution in [0.5, 0.6) is 0 Å². The highest BCUT2D eigenvalue weighted by molar-refractivity contribution is 6.74. The minimum atomic E-state index is -2.20. The maximum Gasteiger partial charge on any atom is 0.242 e. The molecule has 0 atom stereocenters. The van der Waals surface area contributed by atoms with Crippen LogP contribution in [0.1, 0.15) is 60.3 Å². The summed E-state index contributed by atoms with van der Waals surface area (Å²) < 4.78 is 0. The molecule has 0 rings (SSSR count). The molecule has 0 N–H and O–H groups in total. The molecule has 2 heteroatoms. The van der Waals surface area contributed by atoms with E-state index in [1.165, 1.54) is 25.7 Å². The van der Waals surface area contributed by atoms with Gasteiger partial charge in [0.25, 0.3) is 0 Å². The molecular formula is C12H27OSi. The van der Waals surface area contributed by atoms with Gasteiger partial charge < -0.3 is 0 Å². The monoisotopic (exact) mass is 215 g/mol. The van der Waals surface area contributed by atoms with E-state index >= 15 is 0 Å². The lowest BCUT2D eigenvalue weighted by atomic mass is 10.2. The van der Waals surface area contributed by atoms with Gasteiger partial charge in [0, 0.05) is 0 Å². The van der Waals surface area contributed by atoms with E-state index in [9.17, 15) is 4.80 Å². The number of unbranched alkanes of at least 4 members (excludes halogenated alkanes) is 3. The molecule has 1 nitrogen and oxygen atoms in total. The number of rotatable bonds is 7. The molecule has 0 amide bonds. The van der Waals surface area contributed by atoms with Crippen LogP contribution in [0.3, 0.4) is 0 Å². The molecule has 0 spiro atoms. The molecule has 0 aliphatic rings. The molecule has 85 valence electrons. The van der Waals surface area contributed by atoms with Crippen LogP contribution in [0.2, 0.25) is 17.1 Å². The van der Waals surface area contributed by atoms with Gasteiger partial charge in [-0.05, 0) is 17.1 Å². The number of hydrogen-bond acceptors (Lipinski definition) is 0. The van der Waals surface area contributed by atoms with E-state index in [0.29, 0.717) is 11.1 Å². The summed E-state index contributed by atoms with van der Waals surface area (Å²) in [5.41, 5.74) is 0.785. The van der Waals surface area contributed by atoms with Crippen LogP contribution in [0.4, 0.5) is 0 Å². The van der Waals surface area contributed by atoms with Crippen molar-refractivity contribution < 1.29 is 4.80 Å². The van der Waals surface area contributed by atoms with E-state index in [2.05, 4.69) is 34.6 Å². The standard InChI is InChI=1S/C12H27OSi/c1-6-7-8-9-10-14(13,11(2)3)12(4)5/h11-12H,6-10H2,1-5H3. The molecule has 0 saturated heterocycles. The largest absolute Gasteiger partial charge is 0.297 e. The van der Waals surface area contributed by atoms with Crippen LogP contribution in [0.15, 0.2) is 0 Å². The van der Waals surface area contributed by atoms with Gasteiger partial charge in [-0.15, -0.1) is 0 Å². The quantitative estimate of drug-likeness (QED) is 0.431. The van der Waals surface area contributed by atoms with Gasteiger partial charge in [-0.2, -0.15) is 0 Å². The zero-order chi connectivity index (χ0) is 11.2. The molecule has 0 aliphatic heterocycles. The fourth-order valence-electron chi connectivity index (χ4n) is 2.07. The minimum Gasteiger partial charge on any atom is -0.297 e. The highest BCUT2D eigenvalue weighted by Gasteiger charge is 2.40. The van der Waals surface area contributed by atoms with Crippen LogP contribution >= 0.6 is 0 Å². The van der Waals surface area contributed by atoms with Crippen LogP contribution in [-0.2, 0) is 4.80 Å². The van der Waals surface area contributed by atoms with Gasteiger partial charge in [-0.25, -0.2) is 0 Å². The second-order valence-electron chi connectivity index (χ2n) is 5.08. The Morgan fingerprint density at radius 2 is 1.43 bits per heavy atom. The summed E-state index contributed by atoms with van der Waals surface area (Å²) in [5, 5.41) is 0. The average Bonchev–Trinajstić information content (AvgIpc) is 2.11. The van der Waals surface area contributed by atoms with Gasteiger partial charge in [0.2, 0.25) is 8.32 Å². The van der Waals surface area contributed by atoms with Crippen molar-refractivity contribution in [2.75, 3.05) is 0 Å². The van der Waals surface area contributed by atoms with Crippen molar-refractivity contribution in [3.63, 3.8) is 0 Å². The predicted octanol–water partition coefficient (Wildman–Crippen LogP) is 4.76. The van der Waals surface area contributed by atoms with Crippen LogP contribution < -0.4 is 0 Å². The highest BCUT2D eigenvalue weighted by Crippen LogP contribution is 2.35. The first-order valence-electron chi connectivity index (χ1n) is 6.15. The average molecular weight is 215 g/mol. The van der Waals surface area contributed by atoms with Gasteiger partial charge in [0.15, 0.2) is 0 Å². The lowest BCUT2D eigenvalue weighted by molar-refractivity contribution is 0.383. The smallest absolute Gasteiger partial charge is 0.242 e. The van der Waals surface area contributed by atoms with Gasteiger partial charge in [0.05, 0.1) is 0 Å². The second kappa shape index (κ2) is 6.62. The van der Waals surface area contributed by atoms with E-state index in [4.69, 9.17) is 0 Å². The summed E-state index contributed by atoms with van der Waals surface area (Å²) in [6.07, 6.45) is 4.98. The highest BCUT2D eigenvalue weighted by atomic mass is 28.4. The summed E-state index contributed by atoms with van der Waals surface area (Å²) in [6, 6.07) is 0.988. The van der Waals surface area contributed by atoms with E-state index < -0.39 is 8.32 Å². The fraction of sp³-hybridized carbons (Fsp3) is 1.00. The van der Waals surface area contributed by atoms with E-state index in [1.54, 1.807) is 0 Å². The summed E-state index contributed by atoms with van der Waals surface area (Å²) in [7, 11) is -2.20. The molecular weight excluding hydrogens is 188 g/mol. The molecule has 0 unspecified atom stereocenters. The van der Waals surface area contributed by atoms with E-state index in [0.717, 1.165) is 6.04 Å². The SMILES string of the molecule is CCCCCC[Si]([O])(C(C)C)C(C)C. The normalized spacial score (nSPS) is 12.9. The Morgan fingerprint density at radius 3 is 1.79 bits per heavy atom. The lowest BCUT2D eigenvalue weighted by Gasteiger charge is -2.30. The van der Waals surface area contributed by atoms with Crippen molar-refractivity contribution in [3.05, 3.63) is 0 Å². The molecule has 14 heavy (non-hydrogen) atoms. The molecule has 1 radical (unpaired) electrons. The fourth-order valence-corrected chi connectivity index (χ4v) is 5.36. The Balaban J connectivity index is 3.98. The lowest BCUT2D eigenvalue weighted by Crippen LogP contribution is -2.39. The van der Waals surface area contributed by atoms with Crippen molar-refractivity contribution in [2.24, 2.45) is 0 Å². The zero-order valence-corrected chi connectivity index (χ0v) is 11.6. The van der Waals surface area contributed by atoms with E-state index in [-0.39, 0.29) is 0 Å². The van der Waals surface area contributed by atoms with Gasteiger partial charge in [-0.3, -0.25) is 4.80 Å². The molecule has 0 saturated carbocycles. The number of hydrogen-bond donors (Lipinski definition) is 0. The first-order valence-corrected chi connectivity index (χ1v) is 8.42. The molecule has 0 aromatic carbocycles. The Bertz CT molecular complexity index is 135. The molecule has 0 heterocycles. The zero-order valence-electron chi connectivity index (χ0n) is 10.6. The topological polar surface area (TPSA) is 19.9 Å². The molecule has 0 aromatic rings. The Labute approximate surface area is 91.1 Å². The van der Waals surface area contributed by atoms with Crippen molar-refractivity contribution in [1.82, 2.24) is 0 Å². The molecule has 0 aliphatic carbocycles. The first-order chi connectivity index (χ1) is 6.45. The minimum absolute atomic E-state index is 0.393. The third-order valence-electron chi connectivity index (χ3n) is 3.38. The van der Waals surface area contributed by atoms with Crippen LogP contribution in [0.25, 0.3) is 0 Å². The van der Waals surface area contributed by atoms with Crippen molar-refractivity contribution in [2.45, 2.75) is 77.4 Å². The Morgan fingerprint density at radius 1 is 0.929 bits per heavy atom. The Kier molecular flexibility index (Phi) is 6.71. The van der Waals surface area contributed by atoms with Gasteiger partial charge in [-0.1, -0.05) is 60.3 Å². The summed E-state index contributed by atoms with van der Waals surface area (Å²) in [4.78, 5) is 12.6. The predicted molar refractivity (Wildman–Crippen MR) is 65.6 cm³/mol. The maximum absolute atomic E-state index is 12.6. The molecule has 0 bridgehead atoms. The van der Waals surface area contributed by atoms with Crippen LogP contribution in [0, 0.1) is 0 Å². The molecule has 0 fully saturated rings. The maximum atomic E-state index is 12.6. The summed E-state index contributed by atoms with van der Waals surface area (Å²) in [5.74, 6) is 0.